The maximum atomic E-state index is 11.3. The molecule has 0 aromatic heterocycles. The van der Waals surface area contributed by atoms with Crippen LogP contribution in [0, 0.1) is 6.57 Å². The lowest BCUT2D eigenvalue weighted by atomic mass is 9.85. The summed E-state index contributed by atoms with van der Waals surface area (Å²) in [6.45, 7) is 8.86. The number of ether oxygens (including phenoxy) is 3. The van der Waals surface area contributed by atoms with Gasteiger partial charge in [0.1, 0.15) is 5.60 Å². The van der Waals surface area contributed by atoms with E-state index in [1.54, 1.807) is 0 Å². The third kappa shape index (κ3) is 3.78. The van der Waals surface area contributed by atoms with Gasteiger partial charge in [0, 0.05) is 26.2 Å². The molecular weight excluding hydrogens is 286 g/mol. The van der Waals surface area contributed by atoms with Crippen molar-refractivity contribution in [1.29, 1.82) is 0 Å². The average molecular weight is 311 g/mol. The number of rotatable bonds is 6. The molecule has 124 valence electrons. The topological polar surface area (TPSA) is 69.4 Å². The second-order valence-electron chi connectivity index (χ2n) is 6.32. The molecule has 0 spiro atoms. The predicted molar refractivity (Wildman–Crippen MR) is 79.1 cm³/mol. The van der Waals surface area contributed by atoms with Crippen molar-refractivity contribution >= 4 is 5.97 Å². The standard InChI is InChI=1S/C16H25NO5/c1-11(17-2)8-12-4-6-14-16(10-18,22-12)9-13(21-14)5-7-15(19)20-3/h11-14,18H,4-10H2,1,3H3/t11-,12-,13?,14+,16-/m1/s1. The molecule has 2 rings (SSSR count). The summed E-state index contributed by atoms with van der Waals surface area (Å²) in [5.74, 6) is -0.249. The van der Waals surface area contributed by atoms with E-state index in [0.29, 0.717) is 25.7 Å². The van der Waals surface area contributed by atoms with Crippen LogP contribution >= 0.6 is 0 Å². The number of esters is 1. The molecule has 2 heterocycles. The quantitative estimate of drug-likeness (QED) is 0.597. The lowest BCUT2D eigenvalue weighted by Crippen LogP contribution is -2.51. The van der Waals surface area contributed by atoms with Gasteiger partial charge in [0.2, 0.25) is 6.04 Å². The highest BCUT2D eigenvalue weighted by Crippen LogP contribution is 2.43. The second-order valence-corrected chi connectivity index (χ2v) is 6.32. The van der Waals surface area contributed by atoms with E-state index in [2.05, 4.69) is 9.58 Å². The van der Waals surface area contributed by atoms with E-state index in [9.17, 15) is 9.90 Å². The molecule has 2 aliphatic heterocycles. The van der Waals surface area contributed by atoms with Gasteiger partial charge in [-0.05, 0) is 19.3 Å². The number of aliphatic hydroxyl groups excluding tert-OH is 1. The molecule has 1 N–H and O–H groups in total. The Kier molecular flexibility index (Phi) is 5.79. The molecule has 0 aromatic rings. The Morgan fingerprint density at radius 3 is 2.91 bits per heavy atom. The van der Waals surface area contributed by atoms with Gasteiger partial charge in [-0.1, -0.05) is 0 Å². The van der Waals surface area contributed by atoms with Gasteiger partial charge in [0.15, 0.2) is 0 Å². The molecule has 0 aliphatic carbocycles. The summed E-state index contributed by atoms with van der Waals surface area (Å²) < 4.78 is 16.8. The molecule has 0 amide bonds. The largest absolute Gasteiger partial charge is 0.469 e. The monoisotopic (exact) mass is 311 g/mol. The lowest BCUT2D eigenvalue weighted by molar-refractivity contribution is -0.184. The van der Waals surface area contributed by atoms with Crippen molar-refractivity contribution in [3.8, 4) is 0 Å². The number of methoxy groups -OCH3 is 1. The van der Waals surface area contributed by atoms with Crippen molar-refractivity contribution in [2.45, 2.75) is 75.4 Å². The Morgan fingerprint density at radius 2 is 2.27 bits per heavy atom. The Balaban J connectivity index is 1.94. The van der Waals surface area contributed by atoms with Gasteiger partial charge in [-0.2, -0.15) is 0 Å². The molecule has 6 nitrogen and oxygen atoms in total. The van der Waals surface area contributed by atoms with Crippen molar-refractivity contribution in [3.05, 3.63) is 11.4 Å². The maximum Gasteiger partial charge on any atom is 0.305 e. The van der Waals surface area contributed by atoms with Gasteiger partial charge < -0.3 is 24.2 Å². The number of hydrogen-bond acceptors (Lipinski definition) is 5. The van der Waals surface area contributed by atoms with Crippen molar-refractivity contribution in [3.63, 3.8) is 0 Å². The fourth-order valence-electron chi connectivity index (χ4n) is 3.46. The third-order valence-corrected chi connectivity index (χ3v) is 4.66. The van der Waals surface area contributed by atoms with E-state index in [1.165, 1.54) is 7.11 Å². The van der Waals surface area contributed by atoms with Gasteiger partial charge in [-0.25, -0.2) is 6.57 Å². The fourth-order valence-corrected chi connectivity index (χ4v) is 3.46. The first-order valence-electron chi connectivity index (χ1n) is 7.90. The number of hydrogen-bond donors (Lipinski definition) is 1. The molecule has 22 heavy (non-hydrogen) atoms. The third-order valence-electron chi connectivity index (χ3n) is 4.66. The smallest absolute Gasteiger partial charge is 0.305 e. The molecular formula is C16H25NO5. The summed E-state index contributed by atoms with van der Waals surface area (Å²) in [7, 11) is 1.37. The average Bonchev–Trinajstić information content (AvgIpc) is 2.90. The Labute approximate surface area is 131 Å². The predicted octanol–water partition coefficient (Wildman–Crippen LogP) is 1.71. The normalized spacial score (nSPS) is 35.5. The van der Waals surface area contributed by atoms with E-state index in [-0.39, 0.29) is 36.9 Å². The summed E-state index contributed by atoms with van der Waals surface area (Å²) >= 11 is 0. The van der Waals surface area contributed by atoms with E-state index < -0.39 is 5.60 Å². The van der Waals surface area contributed by atoms with E-state index in [1.807, 2.05) is 6.92 Å². The number of nitrogens with zero attached hydrogens (tertiary/aromatic N) is 1. The van der Waals surface area contributed by atoms with Crippen molar-refractivity contribution in [1.82, 2.24) is 0 Å². The first-order valence-corrected chi connectivity index (χ1v) is 7.90. The molecule has 1 unspecified atom stereocenters. The molecule has 0 aromatic carbocycles. The van der Waals surface area contributed by atoms with Crippen LogP contribution in [0.15, 0.2) is 0 Å². The van der Waals surface area contributed by atoms with Gasteiger partial charge in [0.05, 0.1) is 32.0 Å². The zero-order chi connectivity index (χ0) is 16.2. The number of carbonyl (C=O) groups excluding carboxylic acids is 1. The van der Waals surface area contributed by atoms with Gasteiger partial charge in [0.25, 0.3) is 0 Å². The molecule has 0 radical (unpaired) electrons. The first-order chi connectivity index (χ1) is 10.5. The maximum absolute atomic E-state index is 11.3. The summed E-state index contributed by atoms with van der Waals surface area (Å²) in [6.07, 6.45) is 3.62. The summed E-state index contributed by atoms with van der Waals surface area (Å²) in [6, 6.07) is -0.0743. The SMILES string of the molecule is [C-]#[N+][C@H](C)C[C@H]1CC[C@@H]2OC(CCC(=O)OC)C[C@]2(CO)O1. The van der Waals surface area contributed by atoms with Crippen LogP contribution in [0.3, 0.4) is 0 Å². The number of fused-ring (bicyclic) bond motifs is 1. The van der Waals surface area contributed by atoms with Crippen LogP contribution in [-0.2, 0) is 19.0 Å². The van der Waals surface area contributed by atoms with E-state index >= 15 is 0 Å². The summed E-state index contributed by atoms with van der Waals surface area (Å²) in [5.41, 5.74) is -0.675. The molecule has 0 bridgehead atoms. The Bertz CT molecular complexity index is 435. The van der Waals surface area contributed by atoms with Crippen LogP contribution in [0.5, 0.6) is 0 Å². The van der Waals surface area contributed by atoms with Crippen LogP contribution in [-0.4, -0.2) is 54.7 Å². The highest BCUT2D eigenvalue weighted by atomic mass is 16.6. The summed E-state index contributed by atoms with van der Waals surface area (Å²) in [5, 5.41) is 9.85. The Hall–Kier alpha value is -1.16. The fraction of sp³-hybridized carbons (Fsp3) is 0.875. The van der Waals surface area contributed by atoms with Crippen molar-refractivity contribution in [2.24, 2.45) is 0 Å². The Morgan fingerprint density at radius 1 is 1.50 bits per heavy atom. The minimum Gasteiger partial charge on any atom is -0.469 e. The van der Waals surface area contributed by atoms with Gasteiger partial charge in [-0.15, -0.1) is 0 Å². The molecule has 2 fully saturated rings. The molecule has 2 aliphatic rings. The van der Waals surface area contributed by atoms with Crippen LogP contribution < -0.4 is 0 Å². The van der Waals surface area contributed by atoms with Crippen molar-refractivity contribution < 1.29 is 24.1 Å². The van der Waals surface area contributed by atoms with E-state index in [0.717, 1.165) is 12.8 Å². The highest BCUT2D eigenvalue weighted by molar-refractivity contribution is 5.69. The number of carbonyl (C=O) groups is 1. The number of aliphatic hydroxyl groups is 1. The van der Waals surface area contributed by atoms with Crippen LogP contribution in [0.2, 0.25) is 0 Å². The summed E-state index contributed by atoms with van der Waals surface area (Å²) in [4.78, 5) is 14.8. The van der Waals surface area contributed by atoms with Crippen molar-refractivity contribution in [2.75, 3.05) is 13.7 Å². The second kappa shape index (κ2) is 7.40. The minimum atomic E-state index is -0.675. The van der Waals surface area contributed by atoms with Crippen LogP contribution in [0.1, 0.15) is 45.4 Å². The lowest BCUT2D eigenvalue weighted by Gasteiger charge is -2.40. The van der Waals surface area contributed by atoms with Gasteiger partial charge in [-0.3, -0.25) is 4.79 Å². The minimum absolute atomic E-state index is 0.00421. The van der Waals surface area contributed by atoms with E-state index in [4.69, 9.17) is 16.0 Å². The van der Waals surface area contributed by atoms with Crippen LogP contribution in [0.25, 0.3) is 4.85 Å². The molecule has 5 atom stereocenters. The van der Waals surface area contributed by atoms with Crippen LogP contribution in [0.4, 0.5) is 0 Å². The molecule has 6 heteroatoms. The highest BCUT2D eigenvalue weighted by Gasteiger charge is 2.52. The molecule has 2 saturated heterocycles. The first kappa shape index (κ1) is 17.2. The van der Waals surface area contributed by atoms with Gasteiger partial charge >= 0.3 is 5.97 Å². The molecule has 0 saturated carbocycles. The zero-order valence-corrected chi connectivity index (χ0v) is 13.3. The zero-order valence-electron chi connectivity index (χ0n) is 13.3.